The van der Waals surface area contributed by atoms with Crippen molar-refractivity contribution >= 4 is 17.5 Å². The molecule has 0 radical (unpaired) electrons. The minimum absolute atomic E-state index is 0.0497. The fraction of sp³-hybridized carbons (Fsp3) is 0.385. The van der Waals surface area contributed by atoms with Crippen LogP contribution < -0.4 is 16.4 Å². The van der Waals surface area contributed by atoms with Crippen LogP contribution in [0.15, 0.2) is 24.3 Å². The normalized spacial score (nSPS) is 11.1. The first-order valence-corrected chi connectivity index (χ1v) is 5.87. The standard InChI is InChI=1S/C13H18FN3O2/c1-13(2,12(15)19)8-16-7-11(18)17-10-5-3-9(14)4-6-10/h3-6,16H,7-8H2,1-2H3,(H2,15,19)(H,17,18). The van der Waals surface area contributed by atoms with Crippen molar-refractivity contribution < 1.29 is 14.0 Å². The van der Waals surface area contributed by atoms with Crippen LogP contribution in [-0.4, -0.2) is 24.9 Å². The van der Waals surface area contributed by atoms with Gasteiger partial charge < -0.3 is 16.4 Å². The van der Waals surface area contributed by atoms with Gasteiger partial charge in [-0.25, -0.2) is 4.39 Å². The van der Waals surface area contributed by atoms with Crippen LogP contribution in [0.25, 0.3) is 0 Å². The molecule has 5 nitrogen and oxygen atoms in total. The lowest BCUT2D eigenvalue weighted by Crippen LogP contribution is -2.42. The molecule has 0 spiro atoms. The maximum absolute atomic E-state index is 12.7. The first kappa shape index (κ1) is 15.1. The predicted octanol–water partition coefficient (Wildman–Crippen LogP) is 0.865. The van der Waals surface area contributed by atoms with Gasteiger partial charge in [-0.2, -0.15) is 0 Å². The van der Waals surface area contributed by atoms with Gasteiger partial charge in [0.2, 0.25) is 11.8 Å². The Labute approximate surface area is 111 Å². The van der Waals surface area contributed by atoms with Crippen molar-refractivity contribution in [3.8, 4) is 0 Å². The van der Waals surface area contributed by atoms with Gasteiger partial charge >= 0.3 is 0 Å². The fourth-order valence-corrected chi connectivity index (χ4v) is 1.31. The first-order chi connectivity index (χ1) is 8.81. The van der Waals surface area contributed by atoms with Crippen LogP contribution in [0.5, 0.6) is 0 Å². The second kappa shape index (κ2) is 6.29. The Balaban J connectivity index is 2.36. The number of primary amides is 1. The van der Waals surface area contributed by atoms with E-state index < -0.39 is 11.3 Å². The fourth-order valence-electron chi connectivity index (χ4n) is 1.31. The van der Waals surface area contributed by atoms with Crippen LogP contribution in [0.3, 0.4) is 0 Å². The van der Waals surface area contributed by atoms with E-state index in [0.717, 1.165) is 0 Å². The lowest BCUT2D eigenvalue weighted by atomic mass is 9.93. The van der Waals surface area contributed by atoms with E-state index in [1.54, 1.807) is 13.8 Å². The Morgan fingerprint density at radius 3 is 2.37 bits per heavy atom. The number of halogens is 1. The second-order valence-electron chi connectivity index (χ2n) is 4.91. The van der Waals surface area contributed by atoms with Gasteiger partial charge in [-0.3, -0.25) is 9.59 Å². The molecule has 0 heterocycles. The van der Waals surface area contributed by atoms with E-state index in [1.807, 2.05) is 0 Å². The molecule has 2 amide bonds. The summed E-state index contributed by atoms with van der Waals surface area (Å²) in [4.78, 5) is 22.6. The van der Waals surface area contributed by atoms with Gasteiger partial charge in [0, 0.05) is 12.2 Å². The number of carbonyl (C=O) groups excluding carboxylic acids is 2. The maximum atomic E-state index is 12.7. The molecule has 0 aliphatic rings. The van der Waals surface area contributed by atoms with Gasteiger partial charge in [0.25, 0.3) is 0 Å². The highest BCUT2D eigenvalue weighted by atomic mass is 19.1. The largest absolute Gasteiger partial charge is 0.369 e. The molecule has 1 aromatic carbocycles. The number of nitrogens with one attached hydrogen (secondary N) is 2. The summed E-state index contributed by atoms with van der Waals surface area (Å²) < 4.78 is 12.7. The smallest absolute Gasteiger partial charge is 0.238 e. The predicted molar refractivity (Wildman–Crippen MR) is 70.9 cm³/mol. The number of rotatable bonds is 6. The van der Waals surface area contributed by atoms with Gasteiger partial charge in [-0.1, -0.05) is 0 Å². The van der Waals surface area contributed by atoms with E-state index in [-0.39, 0.29) is 18.3 Å². The number of amides is 2. The van der Waals surface area contributed by atoms with Crippen molar-refractivity contribution in [1.82, 2.24) is 5.32 Å². The Bertz CT molecular complexity index is 457. The van der Waals surface area contributed by atoms with Crippen molar-refractivity contribution in [2.75, 3.05) is 18.4 Å². The number of carbonyl (C=O) groups is 2. The first-order valence-electron chi connectivity index (χ1n) is 5.87. The van der Waals surface area contributed by atoms with Crippen LogP contribution in [-0.2, 0) is 9.59 Å². The van der Waals surface area contributed by atoms with Crippen molar-refractivity contribution in [1.29, 1.82) is 0 Å². The maximum Gasteiger partial charge on any atom is 0.238 e. The molecule has 0 saturated carbocycles. The highest BCUT2D eigenvalue weighted by molar-refractivity contribution is 5.92. The summed E-state index contributed by atoms with van der Waals surface area (Å²) in [5, 5.41) is 5.45. The van der Waals surface area contributed by atoms with Crippen LogP contribution in [0.4, 0.5) is 10.1 Å². The molecule has 104 valence electrons. The molecule has 0 fully saturated rings. The number of hydrogen-bond acceptors (Lipinski definition) is 3. The quantitative estimate of drug-likeness (QED) is 0.715. The summed E-state index contributed by atoms with van der Waals surface area (Å²) in [5.74, 6) is -1.06. The summed E-state index contributed by atoms with van der Waals surface area (Å²) in [6.07, 6.45) is 0. The number of hydrogen-bond donors (Lipinski definition) is 3. The molecule has 0 aliphatic carbocycles. The molecule has 0 atom stereocenters. The van der Waals surface area contributed by atoms with Crippen molar-refractivity contribution in [2.45, 2.75) is 13.8 Å². The van der Waals surface area contributed by atoms with Crippen LogP contribution in [0.1, 0.15) is 13.8 Å². The molecule has 0 saturated heterocycles. The summed E-state index contributed by atoms with van der Waals surface area (Å²) in [6, 6.07) is 5.47. The summed E-state index contributed by atoms with van der Waals surface area (Å²) >= 11 is 0. The topological polar surface area (TPSA) is 84.2 Å². The lowest BCUT2D eigenvalue weighted by molar-refractivity contribution is -0.126. The molecular weight excluding hydrogens is 249 g/mol. The zero-order valence-electron chi connectivity index (χ0n) is 11.0. The molecule has 0 bridgehead atoms. The Morgan fingerprint density at radius 1 is 1.26 bits per heavy atom. The minimum atomic E-state index is -0.712. The number of benzene rings is 1. The van der Waals surface area contributed by atoms with Gasteiger partial charge in [0.05, 0.1) is 12.0 Å². The second-order valence-corrected chi connectivity index (χ2v) is 4.91. The molecule has 19 heavy (non-hydrogen) atoms. The third-order valence-corrected chi connectivity index (χ3v) is 2.65. The lowest BCUT2D eigenvalue weighted by Gasteiger charge is -2.20. The molecule has 0 unspecified atom stereocenters. The van der Waals surface area contributed by atoms with Crippen LogP contribution >= 0.6 is 0 Å². The summed E-state index contributed by atoms with van der Waals surface area (Å²) in [7, 11) is 0. The number of anilines is 1. The molecule has 1 aromatic rings. The van der Waals surface area contributed by atoms with Crippen molar-refractivity contribution in [3.63, 3.8) is 0 Å². The third-order valence-electron chi connectivity index (χ3n) is 2.65. The molecule has 6 heteroatoms. The average Bonchev–Trinajstić information content (AvgIpc) is 2.31. The Hall–Kier alpha value is -1.95. The third kappa shape index (κ3) is 5.05. The summed E-state index contributed by atoms with van der Waals surface area (Å²) in [5.41, 5.74) is 5.01. The van der Waals surface area contributed by atoms with E-state index in [4.69, 9.17) is 5.73 Å². The SMILES string of the molecule is CC(C)(CNCC(=O)Nc1ccc(F)cc1)C(N)=O. The molecular formula is C13H18FN3O2. The van der Waals surface area contributed by atoms with Gasteiger partial charge in [0.15, 0.2) is 0 Å². The highest BCUT2D eigenvalue weighted by Crippen LogP contribution is 2.11. The van der Waals surface area contributed by atoms with E-state index >= 15 is 0 Å². The van der Waals surface area contributed by atoms with Crippen molar-refractivity contribution in [3.05, 3.63) is 30.1 Å². The van der Waals surface area contributed by atoms with E-state index in [9.17, 15) is 14.0 Å². The monoisotopic (exact) mass is 267 g/mol. The van der Waals surface area contributed by atoms with Gasteiger partial charge in [-0.05, 0) is 38.1 Å². The van der Waals surface area contributed by atoms with E-state index in [1.165, 1.54) is 24.3 Å². The molecule has 0 aliphatic heterocycles. The van der Waals surface area contributed by atoms with Gasteiger partial charge in [-0.15, -0.1) is 0 Å². The molecule has 1 rings (SSSR count). The van der Waals surface area contributed by atoms with E-state index in [0.29, 0.717) is 12.2 Å². The minimum Gasteiger partial charge on any atom is -0.369 e. The molecule has 4 N–H and O–H groups in total. The Morgan fingerprint density at radius 2 is 1.84 bits per heavy atom. The van der Waals surface area contributed by atoms with Gasteiger partial charge in [0.1, 0.15) is 5.82 Å². The summed E-state index contributed by atoms with van der Waals surface area (Å²) in [6.45, 7) is 3.74. The highest BCUT2D eigenvalue weighted by Gasteiger charge is 2.24. The Kier molecular flexibility index (Phi) is 5.00. The van der Waals surface area contributed by atoms with Crippen molar-refractivity contribution in [2.24, 2.45) is 11.1 Å². The zero-order chi connectivity index (χ0) is 14.5. The molecule has 0 aromatic heterocycles. The average molecular weight is 267 g/mol. The van der Waals surface area contributed by atoms with E-state index in [2.05, 4.69) is 10.6 Å². The van der Waals surface area contributed by atoms with Crippen LogP contribution in [0.2, 0.25) is 0 Å². The van der Waals surface area contributed by atoms with Crippen LogP contribution in [0, 0.1) is 11.2 Å². The zero-order valence-corrected chi connectivity index (χ0v) is 11.0. The number of nitrogens with two attached hydrogens (primary N) is 1.